The van der Waals surface area contributed by atoms with Crippen LogP contribution in [-0.2, 0) is 6.54 Å². The summed E-state index contributed by atoms with van der Waals surface area (Å²) in [5.41, 5.74) is 1.81. The minimum Gasteiger partial charge on any atom is -0.355 e. The zero-order valence-electron chi connectivity index (χ0n) is 14.5. The van der Waals surface area contributed by atoms with Gasteiger partial charge in [0.25, 0.3) is 5.56 Å². The summed E-state index contributed by atoms with van der Waals surface area (Å²) in [5, 5.41) is 12.4. The minimum absolute atomic E-state index is 0.0871. The lowest BCUT2D eigenvalue weighted by molar-refractivity contribution is 0.349. The summed E-state index contributed by atoms with van der Waals surface area (Å²) in [6.07, 6.45) is 7.78. The van der Waals surface area contributed by atoms with E-state index in [2.05, 4.69) is 25.2 Å². The predicted molar refractivity (Wildman–Crippen MR) is 96.2 cm³/mol. The highest BCUT2D eigenvalue weighted by molar-refractivity contribution is 5.45. The van der Waals surface area contributed by atoms with Crippen molar-refractivity contribution in [3.05, 3.63) is 46.9 Å². The zero-order valence-corrected chi connectivity index (χ0v) is 14.5. The van der Waals surface area contributed by atoms with Gasteiger partial charge in [-0.25, -0.2) is 4.98 Å². The van der Waals surface area contributed by atoms with Crippen LogP contribution in [0.15, 0.2) is 35.6 Å². The quantitative estimate of drug-likeness (QED) is 0.708. The molecule has 8 heteroatoms. The average Bonchev–Trinajstić information content (AvgIpc) is 3.41. The first-order valence-corrected chi connectivity index (χ1v) is 9.25. The van der Waals surface area contributed by atoms with Gasteiger partial charge in [-0.05, 0) is 43.7 Å². The Morgan fingerprint density at radius 2 is 1.92 bits per heavy atom. The Hall–Kier alpha value is -2.77. The number of rotatable bonds is 4. The molecule has 3 aromatic rings. The van der Waals surface area contributed by atoms with Gasteiger partial charge in [-0.3, -0.25) is 9.36 Å². The summed E-state index contributed by atoms with van der Waals surface area (Å²) in [4.78, 5) is 19.1. The van der Waals surface area contributed by atoms with E-state index in [1.54, 1.807) is 27.8 Å². The molecule has 3 aromatic heterocycles. The van der Waals surface area contributed by atoms with Crippen molar-refractivity contribution in [3.8, 4) is 0 Å². The maximum Gasteiger partial charge on any atom is 0.253 e. The van der Waals surface area contributed by atoms with E-state index in [0.29, 0.717) is 11.8 Å². The molecule has 0 amide bonds. The van der Waals surface area contributed by atoms with E-state index >= 15 is 0 Å². The van der Waals surface area contributed by atoms with Crippen molar-refractivity contribution in [2.24, 2.45) is 5.92 Å². The Bertz CT molecular complexity index is 982. The molecule has 0 aromatic carbocycles. The highest BCUT2D eigenvalue weighted by atomic mass is 16.1. The lowest BCUT2D eigenvalue weighted by Gasteiger charge is -2.32. The molecular formula is C18H21N7O. The van der Waals surface area contributed by atoms with Crippen molar-refractivity contribution in [2.45, 2.75) is 38.1 Å². The molecule has 2 aliphatic rings. The standard InChI is InChI=1S/C18H21N7O/c26-18-9-15(14-1-2-14)19-11-24(18)10-13-5-7-23(8-6-13)17-4-3-16-21-20-12-25(16)22-17/h3-4,9,11-14H,1-2,5-8,10H2. The van der Waals surface area contributed by atoms with Crippen LogP contribution in [0.1, 0.15) is 37.3 Å². The van der Waals surface area contributed by atoms with Gasteiger partial charge in [0, 0.05) is 31.6 Å². The minimum atomic E-state index is 0.0871. The molecule has 5 rings (SSSR count). The molecule has 1 saturated heterocycles. The van der Waals surface area contributed by atoms with Gasteiger partial charge in [-0.2, -0.15) is 4.52 Å². The number of piperidine rings is 1. The Morgan fingerprint density at radius 1 is 1.08 bits per heavy atom. The van der Waals surface area contributed by atoms with Gasteiger partial charge in [-0.15, -0.1) is 15.3 Å². The van der Waals surface area contributed by atoms with E-state index in [-0.39, 0.29) is 5.56 Å². The van der Waals surface area contributed by atoms with Crippen molar-refractivity contribution in [1.82, 2.24) is 29.4 Å². The zero-order chi connectivity index (χ0) is 17.5. The van der Waals surface area contributed by atoms with Crippen LogP contribution in [0, 0.1) is 5.92 Å². The first-order chi connectivity index (χ1) is 12.8. The maximum absolute atomic E-state index is 12.3. The Labute approximate surface area is 150 Å². The summed E-state index contributed by atoms with van der Waals surface area (Å²) >= 11 is 0. The van der Waals surface area contributed by atoms with E-state index < -0.39 is 0 Å². The van der Waals surface area contributed by atoms with Crippen LogP contribution in [0.2, 0.25) is 0 Å². The highest BCUT2D eigenvalue weighted by Gasteiger charge is 2.26. The van der Waals surface area contributed by atoms with Gasteiger partial charge in [0.15, 0.2) is 5.65 Å². The third kappa shape index (κ3) is 2.95. The second-order valence-electron chi connectivity index (χ2n) is 7.33. The third-order valence-electron chi connectivity index (χ3n) is 5.44. The van der Waals surface area contributed by atoms with E-state index in [1.807, 2.05) is 12.1 Å². The molecule has 1 saturated carbocycles. The van der Waals surface area contributed by atoms with Crippen LogP contribution in [0.3, 0.4) is 0 Å². The van der Waals surface area contributed by atoms with Gasteiger partial charge in [0.2, 0.25) is 0 Å². The Morgan fingerprint density at radius 3 is 2.69 bits per heavy atom. The first kappa shape index (κ1) is 15.5. The lowest BCUT2D eigenvalue weighted by Crippen LogP contribution is -2.37. The Kier molecular flexibility index (Phi) is 3.69. The number of anilines is 1. The van der Waals surface area contributed by atoms with E-state index in [1.165, 1.54) is 12.8 Å². The molecule has 0 unspecified atom stereocenters. The van der Waals surface area contributed by atoms with Crippen LogP contribution in [-0.4, -0.2) is 42.5 Å². The summed E-state index contributed by atoms with van der Waals surface area (Å²) < 4.78 is 3.47. The Balaban J connectivity index is 1.23. The maximum atomic E-state index is 12.3. The normalized spacial score (nSPS) is 18.5. The van der Waals surface area contributed by atoms with Crippen LogP contribution in [0.25, 0.3) is 5.65 Å². The van der Waals surface area contributed by atoms with Crippen LogP contribution in [0.5, 0.6) is 0 Å². The number of nitrogens with zero attached hydrogens (tertiary/aromatic N) is 7. The number of hydrogen-bond donors (Lipinski definition) is 0. The van der Waals surface area contributed by atoms with E-state index in [4.69, 9.17) is 0 Å². The van der Waals surface area contributed by atoms with Crippen molar-refractivity contribution in [3.63, 3.8) is 0 Å². The average molecular weight is 351 g/mol. The third-order valence-corrected chi connectivity index (χ3v) is 5.44. The van der Waals surface area contributed by atoms with Gasteiger partial charge < -0.3 is 4.90 Å². The molecule has 1 aliphatic carbocycles. The monoisotopic (exact) mass is 351 g/mol. The molecule has 0 radical (unpaired) electrons. The first-order valence-electron chi connectivity index (χ1n) is 9.25. The molecule has 1 aliphatic heterocycles. The molecule has 0 atom stereocenters. The van der Waals surface area contributed by atoms with Crippen LogP contribution < -0.4 is 10.5 Å². The van der Waals surface area contributed by atoms with Gasteiger partial charge in [-0.1, -0.05) is 0 Å². The second kappa shape index (κ2) is 6.19. The topological polar surface area (TPSA) is 81.2 Å². The largest absolute Gasteiger partial charge is 0.355 e. The molecule has 0 spiro atoms. The molecule has 0 bridgehead atoms. The van der Waals surface area contributed by atoms with Crippen molar-refractivity contribution in [2.75, 3.05) is 18.0 Å². The van der Waals surface area contributed by atoms with Gasteiger partial charge in [0.05, 0.1) is 12.0 Å². The molecule has 134 valence electrons. The fourth-order valence-electron chi connectivity index (χ4n) is 3.69. The van der Waals surface area contributed by atoms with Crippen molar-refractivity contribution >= 4 is 11.5 Å². The highest BCUT2D eigenvalue weighted by Crippen LogP contribution is 2.38. The van der Waals surface area contributed by atoms with Crippen molar-refractivity contribution in [1.29, 1.82) is 0 Å². The molecule has 4 heterocycles. The molecule has 26 heavy (non-hydrogen) atoms. The number of hydrogen-bond acceptors (Lipinski definition) is 6. The van der Waals surface area contributed by atoms with Crippen LogP contribution in [0.4, 0.5) is 5.82 Å². The van der Waals surface area contributed by atoms with Gasteiger partial charge >= 0.3 is 0 Å². The fourth-order valence-corrected chi connectivity index (χ4v) is 3.69. The molecular weight excluding hydrogens is 330 g/mol. The van der Waals surface area contributed by atoms with Crippen LogP contribution >= 0.6 is 0 Å². The number of fused-ring (bicyclic) bond motifs is 1. The molecule has 0 N–H and O–H groups in total. The summed E-state index contributed by atoms with van der Waals surface area (Å²) in [5.74, 6) is 1.97. The fraction of sp³-hybridized carbons (Fsp3) is 0.500. The number of aromatic nitrogens is 6. The lowest BCUT2D eigenvalue weighted by atomic mass is 9.96. The summed E-state index contributed by atoms with van der Waals surface area (Å²) in [6.45, 7) is 2.63. The van der Waals surface area contributed by atoms with Crippen molar-refractivity contribution < 1.29 is 0 Å². The summed E-state index contributed by atoms with van der Waals surface area (Å²) in [6, 6.07) is 5.66. The van der Waals surface area contributed by atoms with E-state index in [9.17, 15) is 4.79 Å². The van der Waals surface area contributed by atoms with E-state index in [0.717, 1.165) is 49.6 Å². The SMILES string of the molecule is O=c1cc(C2CC2)ncn1CC1CCN(c2ccc3nncn3n2)CC1. The second-order valence-corrected chi connectivity index (χ2v) is 7.33. The predicted octanol–water partition coefficient (Wildman–Crippen LogP) is 1.47. The molecule has 2 fully saturated rings. The van der Waals surface area contributed by atoms with Gasteiger partial charge in [0.1, 0.15) is 12.1 Å². The smallest absolute Gasteiger partial charge is 0.253 e. The molecule has 8 nitrogen and oxygen atoms in total. The summed E-state index contributed by atoms with van der Waals surface area (Å²) in [7, 11) is 0.